The van der Waals surface area contributed by atoms with Crippen LogP contribution < -0.4 is 10.2 Å². The maximum atomic E-state index is 14.3. The minimum atomic E-state index is -0.179. The fraction of sp³-hybridized carbons (Fsp3) is 0.438. The molecule has 2 aromatic rings. The lowest BCUT2D eigenvalue weighted by Crippen LogP contribution is -2.23. The molecule has 0 radical (unpaired) electrons. The summed E-state index contributed by atoms with van der Waals surface area (Å²) >= 11 is 0. The van der Waals surface area contributed by atoms with Crippen molar-refractivity contribution in [1.82, 2.24) is 4.98 Å². The predicted octanol–water partition coefficient (Wildman–Crippen LogP) is 3.79. The van der Waals surface area contributed by atoms with Crippen LogP contribution >= 0.6 is 0 Å². The Labute approximate surface area is 118 Å². The molecule has 20 heavy (non-hydrogen) atoms. The molecule has 1 fully saturated rings. The van der Waals surface area contributed by atoms with E-state index < -0.39 is 0 Å². The summed E-state index contributed by atoms with van der Waals surface area (Å²) in [5, 5.41) is 4.93. The highest BCUT2D eigenvalue weighted by Gasteiger charge is 2.23. The number of fused-ring (bicyclic) bond motifs is 1. The average molecular weight is 273 g/mol. The van der Waals surface area contributed by atoms with E-state index in [2.05, 4.69) is 29.0 Å². The Bertz CT molecular complexity index is 618. The Kier molecular flexibility index (Phi) is 3.47. The zero-order chi connectivity index (χ0) is 14.1. The van der Waals surface area contributed by atoms with E-state index in [1.807, 2.05) is 6.07 Å². The van der Waals surface area contributed by atoms with Crippen molar-refractivity contribution in [2.75, 3.05) is 23.3 Å². The number of benzene rings is 1. The summed E-state index contributed by atoms with van der Waals surface area (Å²) in [6.07, 6.45) is 4.10. The summed E-state index contributed by atoms with van der Waals surface area (Å²) in [5.74, 6) is 0.687. The number of nitrogens with one attached hydrogen (secondary N) is 1. The molecule has 1 saturated carbocycles. The zero-order valence-corrected chi connectivity index (χ0v) is 12.0. The molecule has 0 saturated heterocycles. The number of hydrogen-bond donors (Lipinski definition) is 1. The molecule has 0 spiro atoms. The highest BCUT2D eigenvalue weighted by atomic mass is 19.1. The van der Waals surface area contributed by atoms with Crippen LogP contribution in [-0.4, -0.2) is 24.1 Å². The average Bonchev–Trinajstić information content (AvgIpc) is 3.26. The number of pyridine rings is 1. The number of rotatable bonds is 5. The van der Waals surface area contributed by atoms with Crippen LogP contribution in [0.3, 0.4) is 0 Å². The van der Waals surface area contributed by atoms with Gasteiger partial charge in [-0.25, -0.2) is 9.37 Å². The first-order valence-corrected chi connectivity index (χ1v) is 7.33. The molecule has 0 aliphatic heterocycles. The standard InChI is InChI=1S/C16H20FN3/c1-3-20(4-2)16-12-6-5-7-13(17)15(12)14(10-18-16)19-11-8-9-11/h5-7,10-11,19H,3-4,8-9H2,1-2H3. The maximum Gasteiger partial charge on any atom is 0.136 e. The van der Waals surface area contributed by atoms with Crippen LogP contribution in [0.4, 0.5) is 15.9 Å². The van der Waals surface area contributed by atoms with Crippen LogP contribution in [0.5, 0.6) is 0 Å². The number of nitrogens with zero attached hydrogens (tertiary/aromatic N) is 2. The fourth-order valence-corrected chi connectivity index (χ4v) is 2.58. The SMILES string of the molecule is CCN(CC)c1ncc(NC2CC2)c2c(F)cccc12. The molecule has 0 atom stereocenters. The van der Waals surface area contributed by atoms with E-state index in [-0.39, 0.29) is 5.82 Å². The second kappa shape index (κ2) is 5.27. The summed E-state index contributed by atoms with van der Waals surface area (Å²) in [6, 6.07) is 5.72. The van der Waals surface area contributed by atoms with Crippen molar-refractivity contribution in [3.8, 4) is 0 Å². The van der Waals surface area contributed by atoms with Crippen LogP contribution in [0.15, 0.2) is 24.4 Å². The largest absolute Gasteiger partial charge is 0.380 e. The van der Waals surface area contributed by atoms with Crippen molar-refractivity contribution in [2.24, 2.45) is 0 Å². The minimum absolute atomic E-state index is 0.179. The molecule has 1 aliphatic carbocycles. The number of halogens is 1. The molecule has 1 heterocycles. The highest BCUT2D eigenvalue weighted by Crippen LogP contribution is 2.34. The summed E-state index contributed by atoms with van der Waals surface area (Å²) in [4.78, 5) is 6.72. The van der Waals surface area contributed by atoms with E-state index in [0.717, 1.165) is 42.8 Å². The smallest absolute Gasteiger partial charge is 0.136 e. The second-order valence-electron chi connectivity index (χ2n) is 5.25. The van der Waals surface area contributed by atoms with E-state index in [4.69, 9.17) is 0 Å². The lowest BCUT2D eigenvalue weighted by Gasteiger charge is -2.22. The van der Waals surface area contributed by atoms with E-state index >= 15 is 0 Å². The summed E-state index contributed by atoms with van der Waals surface area (Å²) in [5.41, 5.74) is 0.816. The monoisotopic (exact) mass is 273 g/mol. The van der Waals surface area contributed by atoms with Crippen LogP contribution in [0.2, 0.25) is 0 Å². The Balaban J connectivity index is 2.16. The van der Waals surface area contributed by atoms with Gasteiger partial charge in [0.2, 0.25) is 0 Å². The molecule has 0 unspecified atom stereocenters. The van der Waals surface area contributed by atoms with Crippen LogP contribution in [0.1, 0.15) is 26.7 Å². The molecule has 1 aromatic heterocycles. The first kappa shape index (κ1) is 13.2. The van der Waals surface area contributed by atoms with Gasteiger partial charge in [0.25, 0.3) is 0 Å². The van der Waals surface area contributed by atoms with Gasteiger partial charge < -0.3 is 10.2 Å². The normalized spacial score (nSPS) is 14.6. The maximum absolute atomic E-state index is 14.3. The van der Waals surface area contributed by atoms with Gasteiger partial charge in [-0.3, -0.25) is 0 Å². The van der Waals surface area contributed by atoms with Crippen molar-refractivity contribution in [2.45, 2.75) is 32.7 Å². The Hall–Kier alpha value is -1.84. The first-order chi connectivity index (χ1) is 9.74. The van der Waals surface area contributed by atoms with Crippen LogP contribution in [0.25, 0.3) is 10.8 Å². The molecule has 1 N–H and O–H groups in total. The lowest BCUT2D eigenvalue weighted by molar-refractivity contribution is 0.640. The quantitative estimate of drug-likeness (QED) is 0.898. The van der Waals surface area contributed by atoms with Gasteiger partial charge >= 0.3 is 0 Å². The van der Waals surface area contributed by atoms with Crippen molar-refractivity contribution < 1.29 is 4.39 Å². The van der Waals surface area contributed by atoms with Crippen LogP contribution in [-0.2, 0) is 0 Å². The fourth-order valence-electron chi connectivity index (χ4n) is 2.58. The third-order valence-corrected chi connectivity index (χ3v) is 3.84. The Morgan fingerprint density at radius 2 is 2.05 bits per heavy atom. The van der Waals surface area contributed by atoms with Gasteiger partial charge in [-0.2, -0.15) is 0 Å². The summed E-state index contributed by atoms with van der Waals surface area (Å²) in [6.45, 7) is 5.91. The van der Waals surface area contributed by atoms with Gasteiger partial charge in [-0.15, -0.1) is 0 Å². The van der Waals surface area contributed by atoms with Crippen molar-refractivity contribution >= 4 is 22.3 Å². The Morgan fingerprint density at radius 1 is 1.30 bits per heavy atom. The summed E-state index contributed by atoms with van der Waals surface area (Å²) in [7, 11) is 0. The van der Waals surface area contributed by atoms with Crippen molar-refractivity contribution in [3.63, 3.8) is 0 Å². The number of aromatic nitrogens is 1. The molecule has 106 valence electrons. The third-order valence-electron chi connectivity index (χ3n) is 3.84. The molecule has 3 nitrogen and oxygen atoms in total. The number of hydrogen-bond acceptors (Lipinski definition) is 3. The van der Waals surface area contributed by atoms with Crippen molar-refractivity contribution in [3.05, 3.63) is 30.2 Å². The van der Waals surface area contributed by atoms with Gasteiger partial charge in [0, 0.05) is 29.9 Å². The summed E-state index contributed by atoms with van der Waals surface area (Å²) < 4.78 is 14.3. The van der Waals surface area contributed by atoms with Gasteiger partial charge in [-0.05, 0) is 32.8 Å². The molecular weight excluding hydrogens is 253 g/mol. The molecule has 1 aliphatic rings. The first-order valence-electron chi connectivity index (χ1n) is 7.33. The van der Waals surface area contributed by atoms with Gasteiger partial charge in [0.15, 0.2) is 0 Å². The highest BCUT2D eigenvalue weighted by molar-refractivity contribution is 6.00. The number of anilines is 2. The van der Waals surface area contributed by atoms with Gasteiger partial charge in [-0.1, -0.05) is 12.1 Å². The van der Waals surface area contributed by atoms with Gasteiger partial charge in [0.1, 0.15) is 11.6 Å². The zero-order valence-electron chi connectivity index (χ0n) is 12.0. The van der Waals surface area contributed by atoms with E-state index in [1.54, 1.807) is 12.3 Å². The van der Waals surface area contributed by atoms with E-state index in [1.165, 1.54) is 6.07 Å². The molecule has 0 bridgehead atoms. The van der Waals surface area contributed by atoms with Gasteiger partial charge in [0.05, 0.1) is 11.9 Å². The molecule has 0 amide bonds. The van der Waals surface area contributed by atoms with Crippen LogP contribution in [0, 0.1) is 5.82 Å². The molecule has 4 heteroatoms. The second-order valence-corrected chi connectivity index (χ2v) is 5.25. The predicted molar refractivity (Wildman–Crippen MR) is 81.9 cm³/mol. The molecule has 3 rings (SSSR count). The molecular formula is C16H20FN3. The molecule has 1 aromatic carbocycles. The topological polar surface area (TPSA) is 28.2 Å². The lowest BCUT2D eigenvalue weighted by atomic mass is 10.1. The van der Waals surface area contributed by atoms with E-state index in [9.17, 15) is 4.39 Å². The Morgan fingerprint density at radius 3 is 2.70 bits per heavy atom. The van der Waals surface area contributed by atoms with E-state index in [0.29, 0.717) is 11.4 Å². The van der Waals surface area contributed by atoms with Crippen molar-refractivity contribution in [1.29, 1.82) is 0 Å². The third kappa shape index (κ3) is 2.30. The minimum Gasteiger partial charge on any atom is -0.380 e.